The molecule has 1 fully saturated rings. The van der Waals surface area contributed by atoms with Gasteiger partial charge in [-0.2, -0.15) is 0 Å². The van der Waals surface area contributed by atoms with E-state index in [2.05, 4.69) is 27.3 Å². The minimum Gasteiger partial charge on any atom is -0.370 e. The molecule has 1 aromatic heterocycles. The van der Waals surface area contributed by atoms with Crippen molar-refractivity contribution in [3.63, 3.8) is 0 Å². The van der Waals surface area contributed by atoms with E-state index < -0.39 is 0 Å². The van der Waals surface area contributed by atoms with E-state index in [0.29, 0.717) is 12.1 Å². The molecule has 120 valence electrons. The van der Waals surface area contributed by atoms with Gasteiger partial charge in [-0.05, 0) is 37.3 Å². The number of carbonyl (C=O) groups excluding carboxylic acids is 1. The maximum absolute atomic E-state index is 12.3. The number of aryl methyl sites for hydroxylation is 1. The summed E-state index contributed by atoms with van der Waals surface area (Å²) in [6.07, 6.45) is 7.84. The fourth-order valence-corrected chi connectivity index (χ4v) is 2.94. The molecule has 0 spiro atoms. The molecule has 4 nitrogen and oxygen atoms in total. The molecular formula is C19H23N3O. The van der Waals surface area contributed by atoms with Crippen molar-refractivity contribution >= 4 is 11.6 Å². The molecule has 1 saturated heterocycles. The SMILES string of the molecule is O=C(NCCCc1ccccc1)c1cncc(N2CCCC2)c1. The lowest BCUT2D eigenvalue weighted by molar-refractivity contribution is 0.0953. The summed E-state index contributed by atoms with van der Waals surface area (Å²) in [7, 11) is 0. The lowest BCUT2D eigenvalue weighted by atomic mass is 10.1. The van der Waals surface area contributed by atoms with E-state index in [1.54, 1.807) is 6.20 Å². The molecule has 3 rings (SSSR count). The highest BCUT2D eigenvalue weighted by atomic mass is 16.1. The van der Waals surface area contributed by atoms with Crippen LogP contribution in [0.4, 0.5) is 5.69 Å². The normalized spacial score (nSPS) is 14.0. The third-order valence-electron chi connectivity index (χ3n) is 4.23. The van der Waals surface area contributed by atoms with Gasteiger partial charge in [0.15, 0.2) is 0 Å². The smallest absolute Gasteiger partial charge is 0.252 e. The number of carbonyl (C=O) groups is 1. The first-order valence-corrected chi connectivity index (χ1v) is 8.35. The van der Waals surface area contributed by atoms with Gasteiger partial charge in [-0.3, -0.25) is 9.78 Å². The van der Waals surface area contributed by atoms with Crippen molar-refractivity contribution in [3.05, 3.63) is 59.9 Å². The van der Waals surface area contributed by atoms with Gasteiger partial charge in [-0.15, -0.1) is 0 Å². The Kier molecular flexibility index (Phi) is 5.25. The molecule has 4 heteroatoms. The van der Waals surface area contributed by atoms with Gasteiger partial charge in [-0.25, -0.2) is 0 Å². The summed E-state index contributed by atoms with van der Waals surface area (Å²) in [5.41, 5.74) is 3.01. The molecule has 0 radical (unpaired) electrons. The maximum atomic E-state index is 12.3. The molecule has 0 saturated carbocycles. The van der Waals surface area contributed by atoms with Gasteiger partial charge in [0.2, 0.25) is 0 Å². The summed E-state index contributed by atoms with van der Waals surface area (Å²) in [6, 6.07) is 12.3. The topological polar surface area (TPSA) is 45.2 Å². The number of aromatic nitrogens is 1. The average Bonchev–Trinajstić information content (AvgIpc) is 3.14. The van der Waals surface area contributed by atoms with Crippen LogP contribution in [0, 0.1) is 0 Å². The van der Waals surface area contributed by atoms with Crippen LogP contribution in [0.3, 0.4) is 0 Å². The molecular weight excluding hydrogens is 286 g/mol. The minimum atomic E-state index is -0.0355. The van der Waals surface area contributed by atoms with Crippen molar-refractivity contribution in [2.45, 2.75) is 25.7 Å². The number of benzene rings is 1. The van der Waals surface area contributed by atoms with Gasteiger partial charge in [-0.1, -0.05) is 30.3 Å². The zero-order valence-electron chi connectivity index (χ0n) is 13.4. The molecule has 2 heterocycles. The van der Waals surface area contributed by atoms with Gasteiger partial charge in [0, 0.05) is 25.8 Å². The van der Waals surface area contributed by atoms with E-state index in [1.165, 1.54) is 18.4 Å². The Morgan fingerprint density at radius 2 is 1.91 bits per heavy atom. The van der Waals surface area contributed by atoms with E-state index in [1.807, 2.05) is 30.5 Å². The summed E-state index contributed by atoms with van der Waals surface area (Å²) < 4.78 is 0. The second kappa shape index (κ2) is 7.77. The predicted molar refractivity (Wildman–Crippen MR) is 92.8 cm³/mol. The number of hydrogen-bond acceptors (Lipinski definition) is 3. The van der Waals surface area contributed by atoms with Crippen LogP contribution < -0.4 is 10.2 Å². The second-order valence-electron chi connectivity index (χ2n) is 5.97. The number of pyridine rings is 1. The van der Waals surface area contributed by atoms with Gasteiger partial charge in [0.05, 0.1) is 17.4 Å². The summed E-state index contributed by atoms with van der Waals surface area (Å²) in [6.45, 7) is 2.80. The maximum Gasteiger partial charge on any atom is 0.252 e. The van der Waals surface area contributed by atoms with Crippen molar-refractivity contribution in [1.29, 1.82) is 0 Å². The van der Waals surface area contributed by atoms with Crippen LogP contribution in [-0.4, -0.2) is 30.5 Å². The predicted octanol–water partition coefficient (Wildman–Crippen LogP) is 3.04. The number of rotatable bonds is 6. The molecule has 1 amide bonds. The number of nitrogens with zero attached hydrogens (tertiary/aromatic N) is 2. The van der Waals surface area contributed by atoms with Crippen LogP contribution in [0.15, 0.2) is 48.8 Å². The van der Waals surface area contributed by atoms with E-state index in [0.717, 1.165) is 31.6 Å². The van der Waals surface area contributed by atoms with Crippen molar-refractivity contribution in [2.75, 3.05) is 24.5 Å². The van der Waals surface area contributed by atoms with E-state index in [9.17, 15) is 4.79 Å². The standard InChI is InChI=1S/C19H23N3O/c23-19(21-10-6-9-16-7-2-1-3-8-16)17-13-18(15-20-14-17)22-11-4-5-12-22/h1-3,7-8,13-15H,4-6,9-12H2,(H,21,23). The highest BCUT2D eigenvalue weighted by molar-refractivity contribution is 5.94. The summed E-state index contributed by atoms with van der Waals surface area (Å²) in [4.78, 5) is 18.8. The first-order chi connectivity index (χ1) is 11.3. The van der Waals surface area contributed by atoms with Crippen LogP contribution in [0.1, 0.15) is 35.2 Å². The van der Waals surface area contributed by atoms with Crippen LogP contribution in [0.25, 0.3) is 0 Å². The Morgan fingerprint density at radius 1 is 1.13 bits per heavy atom. The van der Waals surface area contributed by atoms with Crippen LogP contribution in [0.2, 0.25) is 0 Å². The van der Waals surface area contributed by atoms with E-state index >= 15 is 0 Å². The summed E-state index contributed by atoms with van der Waals surface area (Å²) in [5.74, 6) is -0.0355. The largest absolute Gasteiger partial charge is 0.370 e. The number of anilines is 1. The van der Waals surface area contributed by atoms with Gasteiger partial charge >= 0.3 is 0 Å². The van der Waals surface area contributed by atoms with Crippen LogP contribution in [-0.2, 0) is 6.42 Å². The van der Waals surface area contributed by atoms with Crippen LogP contribution >= 0.6 is 0 Å². The fourth-order valence-electron chi connectivity index (χ4n) is 2.94. The molecule has 0 atom stereocenters. The number of nitrogens with one attached hydrogen (secondary N) is 1. The highest BCUT2D eigenvalue weighted by Crippen LogP contribution is 2.19. The minimum absolute atomic E-state index is 0.0355. The van der Waals surface area contributed by atoms with Gasteiger partial charge in [0.1, 0.15) is 0 Å². The Labute approximate surface area is 137 Å². The van der Waals surface area contributed by atoms with Crippen molar-refractivity contribution < 1.29 is 4.79 Å². The monoisotopic (exact) mass is 309 g/mol. The highest BCUT2D eigenvalue weighted by Gasteiger charge is 2.14. The van der Waals surface area contributed by atoms with Crippen molar-refractivity contribution in [1.82, 2.24) is 10.3 Å². The summed E-state index contributed by atoms with van der Waals surface area (Å²) in [5, 5.41) is 2.99. The number of amides is 1. The Morgan fingerprint density at radius 3 is 2.70 bits per heavy atom. The second-order valence-corrected chi connectivity index (χ2v) is 5.97. The molecule has 1 aliphatic heterocycles. The molecule has 1 aliphatic rings. The zero-order valence-corrected chi connectivity index (χ0v) is 13.4. The molecule has 0 aliphatic carbocycles. The molecule has 1 aromatic carbocycles. The Balaban J connectivity index is 1.49. The summed E-state index contributed by atoms with van der Waals surface area (Å²) >= 11 is 0. The fraction of sp³-hybridized carbons (Fsp3) is 0.368. The van der Waals surface area contributed by atoms with Gasteiger partial charge in [0.25, 0.3) is 5.91 Å². The van der Waals surface area contributed by atoms with Crippen LogP contribution in [0.5, 0.6) is 0 Å². The first kappa shape index (κ1) is 15.5. The third kappa shape index (κ3) is 4.31. The Bertz CT molecular complexity index is 636. The van der Waals surface area contributed by atoms with Crippen molar-refractivity contribution in [3.8, 4) is 0 Å². The van der Waals surface area contributed by atoms with Gasteiger partial charge < -0.3 is 10.2 Å². The zero-order chi connectivity index (χ0) is 15.9. The molecule has 0 unspecified atom stereocenters. The lowest BCUT2D eigenvalue weighted by Crippen LogP contribution is -2.25. The third-order valence-corrected chi connectivity index (χ3v) is 4.23. The molecule has 1 N–H and O–H groups in total. The average molecular weight is 309 g/mol. The van der Waals surface area contributed by atoms with E-state index in [-0.39, 0.29) is 5.91 Å². The molecule has 0 bridgehead atoms. The molecule has 2 aromatic rings. The Hall–Kier alpha value is -2.36. The van der Waals surface area contributed by atoms with E-state index in [4.69, 9.17) is 0 Å². The molecule has 23 heavy (non-hydrogen) atoms. The number of hydrogen-bond donors (Lipinski definition) is 1. The van der Waals surface area contributed by atoms with Crippen molar-refractivity contribution in [2.24, 2.45) is 0 Å². The lowest BCUT2D eigenvalue weighted by Gasteiger charge is -2.17. The first-order valence-electron chi connectivity index (χ1n) is 8.35. The quantitative estimate of drug-likeness (QED) is 0.834.